The normalized spacial score (nSPS) is 22.5. The number of aliphatic hydroxyl groups excluding tert-OH is 1. The quantitative estimate of drug-likeness (QED) is 0.850. The number of hydrogen-bond donors (Lipinski definition) is 2. The Hall–Kier alpha value is -1.88. The number of amides is 2. The van der Waals surface area contributed by atoms with Crippen LogP contribution in [0.4, 0.5) is 5.69 Å². The van der Waals surface area contributed by atoms with E-state index in [0.717, 1.165) is 36.9 Å². The molecular weight excluding hydrogens is 328 g/mol. The summed E-state index contributed by atoms with van der Waals surface area (Å²) in [6, 6.07) is 5.94. The summed E-state index contributed by atoms with van der Waals surface area (Å²) in [6.45, 7) is 4.76. The molecule has 2 N–H and O–H groups in total. The third kappa shape index (κ3) is 4.26. The van der Waals surface area contributed by atoms with Crippen LogP contribution in [0.25, 0.3) is 0 Å². The van der Waals surface area contributed by atoms with Crippen LogP contribution in [0, 0.1) is 25.7 Å². The largest absolute Gasteiger partial charge is 0.391 e. The molecule has 5 heteroatoms. The van der Waals surface area contributed by atoms with Gasteiger partial charge in [0.2, 0.25) is 11.8 Å². The molecule has 0 radical (unpaired) electrons. The molecular formula is C21H30N2O3. The Morgan fingerprint density at radius 1 is 1.23 bits per heavy atom. The average Bonchev–Trinajstić information content (AvgIpc) is 3.04. The SMILES string of the molecule is Cc1ccc(N2C[C@H](C(=O)NC[C@H](O)C3CCCCC3)CC2=O)cc1C. The van der Waals surface area contributed by atoms with E-state index in [1.807, 2.05) is 32.0 Å². The minimum absolute atomic E-state index is 0.0127. The number of anilines is 1. The highest BCUT2D eigenvalue weighted by Gasteiger charge is 2.35. The first-order valence-electron chi connectivity index (χ1n) is 9.79. The van der Waals surface area contributed by atoms with Gasteiger partial charge in [0.25, 0.3) is 0 Å². The lowest BCUT2D eigenvalue weighted by atomic mass is 9.85. The standard InChI is InChI=1S/C21H30N2O3/c1-14-8-9-18(10-15(14)2)23-13-17(11-20(23)25)21(26)22-12-19(24)16-6-4-3-5-7-16/h8-10,16-17,19,24H,3-7,11-13H2,1-2H3,(H,22,26)/t17-,19+/m1/s1. The van der Waals surface area contributed by atoms with Gasteiger partial charge in [-0.15, -0.1) is 0 Å². The number of nitrogens with zero attached hydrogens (tertiary/aromatic N) is 1. The Morgan fingerprint density at radius 2 is 1.96 bits per heavy atom. The molecule has 142 valence electrons. The molecule has 0 spiro atoms. The minimum atomic E-state index is -0.479. The molecule has 2 aliphatic rings. The second kappa shape index (κ2) is 8.21. The van der Waals surface area contributed by atoms with Gasteiger partial charge in [-0.2, -0.15) is 0 Å². The second-order valence-corrected chi connectivity index (χ2v) is 7.88. The molecule has 1 aromatic rings. The number of benzene rings is 1. The van der Waals surface area contributed by atoms with E-state index in [-0.39, 0.29) is 30.7 Å². The van der Waals surface area contributed by atoms with Gasteiger partial charge in [0.15, 0.2) is 0 Å². The van der Waals surface area contributed by atoms with E-state index in [2.05, 4.69) is 5.32 Å². The highest BCUT2D eigenvalue weighted by atomic mass is 16.3. The van der Waals surface area contributed by atoms with Crippen LogP contribution in [0.3, 0.4) is 0 Å². The van der Waals surface area contributed by atoms with Gasteiger partial charge < -0.3 is 15.3 Å². The number of nitrogens with one attached hydrogen (secondary N) is 1. The fourth-order valence-electron chi connectivity index (χ4n) is 4.06. The smallest absolute Gasteiger partial charge is 0.227 e. The van der Waals surface area contributed by atoms with E-state index in [4.69, 9.17) is 0 Å². The molecule has 3 rings (SSSR count). The van der Waals surface area contributed by atoms with Gasteiger partial charge in [0, 0.05) is 25.2 Å². The van der Waals surface area contributed by atoms with Crippen LogP contribution >= 0.6 is 0 Å². The number of rotatable bonds is 5. The average molecular weight is 358 g/mol. The van der Waals surface area contributed by atoms with Crippen LogP contribution in [0.15, 0.2) is 18.2 Å². The van der Waals surface area contributed by atoms with Gasteiger partial charge in [0.05, 0.1) is 12.0 Å². The van der Waals surface area contributed by atoms with Gasteiger partial charge in [0.1, 0.15) is 0 Å². The van der Waals surface area contributed by atoms with Gasteiger partial charge in [-0.05, 0) is 55.9 Å². The van der Waals surface area contributed by atoms with Crippen molar-refractivity contribution in [1.29, 1.82) is 0 Å². The lowest BCUT2D eigenvalue weighted by molar-refractivity contribution is -0.126. The maximum absolute atomic E-state index is 12.5. The van der Waals surface area contributed by atoms with Crippen LogP contribution in [0.1, 0.15) is 49.7 Å². The summed E-state index contributed by atoms with van der Waals surface area (Å²) in [4.78, 5) is 26.5. The van der Waals surface area contributed by atoms with Gasteiger partial charge in [-0.1, -0.05) is 25.3 Å². The highest BCUT2D eigenvalue weighted by molar-refractivity contribution is 6.00. The Bertz CT molecular complexity index is 667. The summed E-state index contributed by atoms with van der Waals surface area (Å²) < 4.78 is 0. The zero-order valence-electron chi connectivity index (χ0n) is 15.8. The summed E-state index contributed by atoms with van der Waals surface area (Å²) in [5, 5.41) is 13.2. The summed E-state index contributed by atoms with van der Waals surface area (Å²) in [5.74, 6) is -0.190. The van der Waals surface area contributed by atoms with Crippen molar-refractivity contribution in [3.05, 3.63) is 29.3 Å². The van der Waals surface area contributed by atoms with Crippen LogP contribution in [-0.4, -0.2) is 36.1 Å². The predicted molar refractivity (Wildman–Crippen MR) is 102 cm³/mol. The first kappa shape index (κ1) is 18.9. The third-order valence-electron chi connectivity index (χ3n) is 5.98. The maximum Gasteiger partial charge on any atom is 0.227 e. The third-order valence-corrected chi connectivity index (χ3v) is 5.98. The van der Waals surface area contributed by atoms with E-state index in [1.54, 1.807) is 4.90 Å². The van der Waals surface area contributed by atoms with Crippen molar-refractivity contribution in [2.75, 3.05) is 18.0 Å². The molecule has 1 heterocycles. The molecule has 2 atom stereocenters. The second-order valence-electron chi connectivity index (χ2n) is 7.88. The summed E-state index contributed by atoms with van der Waals surface area (Å²) in [7, 11) is 0. The van der Waals surface area contributed by atoms with Gasteiger partial charge in [-0.25, -0.2) is 0 Å². The number of carbonyl (C=O) groups excluding carboxylic acids is 2. The fourth-order valence-corrected chi connectivity index (χ4v) is 4.06. The Kier molecular flexibility index (Phi) is 5.97. The fraction of sp³-hybridized carbons (Fsp3) is 0.619. The Labute approximate surface area is 155 Å². The number of hydrogen-bond acceptors (Lipinski definition) is 3. The number of carbonyl (C=O) groups is 2. The molecule has 1 saturated heterocycles. The van der Waals surface area contributed by atoms with E-state index in [9.17, 15) is 14.7 Å². The molecule has 2 fully saturated rings. The molecule has 5 nitrogen and oxygen atoms in total. The van der Waals surface area contributed by atoms with E-state index in [0.29, 0.717) is 12.5 Å². The van der Waals surface area contributed by atoms with E-state index < -0.39 is 6.10 Å². The number of aryl methyl sites for hydroxylation is 2. The lowest BCUT2D eigenvalue weighted by Crippen LogP contribution is -2.40. The Balaban J connectivity index is 1.54. The summed E-state index contributed by atoms with van der Waals surface area (Å²) in [6.07, 6.45) is 5.41. The molecule has 0 aromatic heterocycles. The molecule has 1 saturated carbocycles. The topological polar surface area (TPSA) is 69.6 Å². The van der Waals surface area contributed by atoms with Crippen molar-refractivity contribution in [3.8, 4) is 0 Å². The summed E-state index contributed by atoms with van der Waals surface area (Å²) in [5.41, 5.74) is 3.18. The lowest BCUT2D eigenvalue weighted by Gasteiger charge is -2.27. The van der Waals surface area contributed by atoms with Crippen molar-refractivity contribution in [2.24, 2.45) is 11.8 Å². The van der Waals surface area contributed by atoms with Crippen LogP contribution in [0.5, 0.6) is 0 Å². The zero-order chi connectivity index (χ0) is 18.7. The Morgan fingerprint density at radius 3 is 2.65 bits per heavy atom. The molecule has 1 aliphatic carbocycles. The van der Waals surface area contributed by atoms with Crippen molar-refractivity contribution < 1.29 is 14.7 Å². The van der Waals surface area contributed by atoms with Crippen molar-refractivity contribution in [1.82, 2.24) is 5.32 Å². The molecule has 1 aromatic carbocycles. The van der Waals surface area contributed by atoms with Gasteiger partial charge >= 0.3 is 0 Å². The van der Waals surface area contributed by atoms with Crippen molar-refractivity contribution in [3.63, 3.8) is 0 Å². The van der Waals surface area contributed by atoms with Crippen LogP contribution < -0.4 is 10.2 Å². The molecule has 0 bridgehead atoms. The maximum atomic E-state index is 12.5. The minimum Gasteiger partial charge on any atom is -0.391 e. The monoisotopic (exact) mass is 358 g/mol. The summed E-state index contributed by atoms with van der Waals surface area (Å²) >= 11 is 0. The molecule has 0 unspecified atom stereocenters. The van der Waals surface area contributed by atoms with Crippen LogP contribution in [-0.2, 0) is 9.59 Å². The molecule has 1 aliphatic heterocycles. The first-order chi connectivity index (χ1) is 12.5. The predicted octanol–water partition coefficient (Wildman–Crippen LogP) is 2.71. The molecule has 2 amide bonds. The van der Waals surface area contributed by atoms with Crippen molar-refractivity contribution >= 4 is 17.5 Å². The zero-order valence-corrected chi connectivity index (χ0v) is 15.8. The van der Waals surface area contributed by atoms with Crippen molar-refractivity contribution in [2.45, 2.75) is 58.5 Å². The van der Waals surface area contributed by atoms with Crippen LogP contribution in [0.2, 0.25) is 0 Å². The highest BCUT2D eigenvalue weighted by Crippen LogP contribution is 2.28. The number of aliphatic hydroxyl groups is 1. The van der Waals surface area contributed by atoms with Gasteiger partial charge in [-0.3, -0.25) is 9.59 Å². The molecule has 26 heavy (non-hydrogen) atoms. The van der Waals surface area contributed by atoms with E-state index >= 15 is 0 Å². The first-order valence-corrected chi connectivity index (χ1v) is 9.79. The van der Waals surface area contributed by atoms with E-state index in [1.165, 1.54) is 12.0 Å².